The molecule has 29 heavy (non-hydrogen) atoms. The number of fused-ring (bicyclic) bond motifs is 1. The molecule has 3 heterocycles. The molecule has 0 bridgehead atoms. The van der Waals surface area contributed by atoms with Crippen molar-refractivity contribution < 1.29 is 4.79 Å². The summed E-state index contributed by atoms with van der Waals surface area (Å²) >= 11 is 0. The number of aromatic nitrogens is 5. The van der Waals surface area contributed by atoms with E-state index in [2.05, 4.69) is 32.6 Å². The molecule has 0 aliphatic heterocycles. The summed E-state index contributed by atoms with van der Waals surface area (Å²) in [5, 5.41) is 12.8. The number of nitrogens with zero attached hydrogens (tertiary/aromatic N) is 5. The van der Waals surface area contributed by atoms with Gasteiger partial charge in [-0.2, -0.15) is 10.2 Å². The van der Waals surface area contributed by atoms with Crippen LogP contribution in [-0.4, -0.2) is 37.0 Å². The number of nitrogens with one attached hydrogen (secondary N) is 1. The molecule has 7 nitrogen and oxygen atoms in total. The van der Waals surface area contributed by atoms with E-state index in [4.69, 9.17) is 0 Å². The number of rotatable bonds is 6. The highest BCUT2D eigenvalue weighted by atomic mass is 16.1. The molecule has 0 radical (unpaired) electrons. The van der Waals surface area contributed by atoms with Crippen LogP contribution in [0.3, 0.4) is 0 Å². The normalized spacial score (nSPS) is 11.1. The number of carbonyl (C=O) groups excluding carboxylic acids is 1. The molecule has 0 spiro atoms. The summed E-state index contributed by atoms with van der Waals surface area (Å²) in [7, 11) is 0. The van der Waals surface area contributed by atoms with Gasteiger partial charge >= 0.3 is 0 Å². The van der Waals surface area contributed by atoms with Crippen LogP contribution in [0.1, 0.15) is 33.0 Å². The van der Waals surface area contributed by atoms with Gasteiger partial charge in [-0.1, -0.05) is 30.3 Å². The van der Waals surface area contributed by atoms with Crippen LogP contribution in [0, 0.1) is 20.8 Å². The molecule has 0 saturated carbocycles. The smallest absolute Gasteiger partial charge is 0.252 e. The van der Waals surface area contributed by atoms with Crippen LogP contribution in [0.25, 0.3) is 11.0 Å². The Hall–Kier alpha value is -3.48. The zero-order valence-electron chi connectivity index (χ0n) is 16.9. The van der Waals surface area contributed by atoms with Crippen molar-refractivity contribution in [2.45, 2.75) is 33.9 Å². The van der Waals surface area contributed by atoms with Crippen molar-refractivity contribution in [3.05, 3.63) is 76.9 Å². The van der Waals surface area contributed by atoms with Gasteiger partial charge in [0.2, 0.25) is 0 Å². The molecule has 0 aliphatic carbocycles. The Kier molecular flexibility index (Phi) is 5.12. The summed E-state index contributed by atoms with van der Waals surface area (Å²) in [6.45, 7) is 7.50. The maximum atomic E-state index is 12.9. The molecular formula is C22H24N6O. The van der Waals surface area contributed by atoms with Crippen molar-refractivity contribution in [2.24, 2.45) is 0 Å². The van der Waals surface area contributed by atoms with Gasteiger partial charge in [-0.25, -0.2) is 9.67 Å². The second-order valence-corrected chi connectivity index (χ2v) is 7.21. The summed E-state index contributed by atoms with van der Waals surface area (Å²) in [5.74, 6) is -0.119. The van der Waals surface area contributed by atoms with Crippen LogP contribution in [0.4, 0.5) is 0 Å². The lowest BCUT2D eigenvalue weighted by Crippen LogP contribution is -2.27. The third kappa shape index (κ3) is 4.03. The standard InChI is InChI=1S/C22H24N6O/c1-15-9-11-27(25-15)12-10-23-22(29)19-13-16(2)24-21-20(19)17(3)26-28(21)14-18-7-5-4-6-8-18/h4-9,11,13H,10,12,14H2,1-3H3,(H,23,29). The van der Waals surface area contributed by atoms with E-state index >= 15 is 0 Å². The molecule has 148 valence electrons. The molecule has 0 unspecified atom stereocenters. The van der Waals surface area contributed by atoms with Gasteiger partial charge in [0.25, 0.3) is 5.91 Å². The second kappa shape index (κ2) is 7.87. The Bertz CT molecular complexity index is 1160. The monoisotopic (exact) mass is 388 g/mol. The van der Waals surface area contributed by atoms with Crippen LogP contribution in [0.15, 0.2) is 48.7 Å². The molecule has 1 aromatic carbocycles. The maximum absolute atomic E-state index is 12.9. The lowest BCUT2D eigenvalue weighted by atomic mass is 10.1. The van der Waals surface area contributed by atoms with Gasteiger partial charge in [-0.15, -0.1) is 0 Å². The molecule has 0 atom stereocenters. The topological polar surface area (TPSA) is 77.6 Å². The van der Waals surface area contributed by atoms with Gasteiger partial charge in [0, 0.05) is 18.4 Å². The largest absolute Gasteiger partial charge is 0.350 e. The fourth-order valence-corrected chi connectivity index (χ4v) is 3.49. The van der Waals surface area contributed by atoms with E-state index in [9.17, 15) is 4.79 Å². The van der Waals surface area contributed by atoms with Gasteiger partial charge in [0.15, 0.2) is 5.65 Å². The molecule has 0 fully saturated rings. The number of benzene rings is 1. The van der Waals surface area contributed by atoms with Crippen molar-refractivity contribution in [3.8, 4) is 0 Å². The van der Waals surface area contributed by atoms with Crippen molar-refractivity contribution in [1.82, 2.24) is 29.9 Å². The maximum Gasteiger partial charge on any atom is 0.252 e. The van der Waals surface area contributed by atoms with Crippen LogP contribution < -0.4 is 5.32 Å². The first kappa shape index (κ1) is 18.9. The average Bonchev–Trinajstić information content (AvgIpc) is 3.25. The first-order valence-corrected chi connectivity index (χ1v) is 9.68. The highest BCUT2D eigenvalue weighted by Gasteiger charge is 2.18. The quantitative estimate of drug-likeness (QED) is 0.551. The molecule has 1 amide bonds. The summed E-state index contributed by atoms with van der Waals surface area (Å²) < 4.78 is 3.70. The van der Waals surface area contributed by atoms with E-state index < -0.39 is 0 Å². The number of carbonyl (C=O) groups is 1. The van der Waals surface area contributed by atoms with Crippen LogP contribution in [0.5, 0.6) is 0 Å². The Morgan fingerprint density at radius 1 is 1.03 bits per heavy atom. The molecule has 7 heteroatoms. The number of amides is 1. The molecule has 0 aliphatic rings. The van der Waals surface area contributed by atoms with Crippen molar-refractivity contribution in [3.63, 3.8) is 0 Å². The summed E-state index contributed by atoms with van der Waals surface area (Å²) in [4.78, 5) is 17.6. The van der Waals surface area contributed by atoms with E-state index in [0.29, 0.717) is 25.2 Å². The molecule has 1 N–H and O–H groups in total. The SMILES string of the molecule is Cc1cc(C(=O)NCCn2ccc(C)n2)c2c(C)nn(Cc3ccccc3)c2n1. The highest BCUT2D eigenvalue weighted by molar-refractivity contribution is 6.06. The minimum Gasteiger partial charge on any atom is -0.350 e. The van der Waals surface area contributed by atoms with Crippen LogP contribution in [0.2, 0.25) is 0 Å². The van der Waals surface area contributed by atoms with Gasteiger partial charge in [-0.3, -0.25) is 9.48 Å². The Balaban J connectivity index is 1.59. The zero-order chi connectivity index (χ0) is 20.4. The lowest BCUT2D eigenvalue weighted by molar-refractivity contribution is 0.0953. The molecule has 0 saturated heterocycles. The van der Waals surface area contributed by atoms with Gasteiger partial charge < -0.3 is 5.32 Å². The van der Waals surface area contributed by atoms with Crippen molar-refractivity contribution in [2.75, 3.05) is 6.54 Å². The summed E-state index contributed by atoms with van der Waals surface area (Å²) in [5.41, 5.74) is 5.04. The molecular weight excluding hydrogens is 364 g/mol. The average molecular weight is 388 g/mol. The van der Waals surface area contributed by atoms with Crippen molar-refractivity contribution >= 4 is 16.9 Å². The van der Waals surface area contributed by atoms with Crippen LogP contribution >= 0.6 is 0 Å². The molecule has 4 rings (SSSR count). The first-order valence-electron chi connectivity index (χ1n) is 9.68. The van der Waals surface area contributed by atoms with E-state index in [1.54, 1.807) is 0 Å². The minimum absolute atomic E-state index is 0.119. The van der Waals surface area contributed by atoms with E-state index in [1.807, 2.05) is 66.7 Å². The Labute approximate surface area is 169 Å². The second-order valence-electron chi connectivity index (χ2n) is 7.21. The van der Waals surface area contributed by atoms with E-state index in [-0.39, 0.29) is 5.91 Å². The van der Waals surface area contributed by atoms with Crippen molar-refractivity contribution in [1.29, 1.82) is 0 Å². The van der Waals surface area contributed by atoms with Gasteiger partial charge in [-0.05, 0) is 38.5 Å². The third-order valence-electron chi connectivity index (χ3n) is 4.83. The predicted molar refractivity (Wildman–Crippen MR) is 112 cm³/mol. The first-order chi connectivity index (χ1) is 14.0. The van der Waals surface area contributed by atoms with Crippen LogP contribution in [-0.2, 0) is 13.1 Å². The van der Waals surface area contributed by atoms with E-state index in [0.717, 1.165) is 33.7 Å². The highest BCUT2D eigenvalue weighted by Crippen LogP contribution is 2.23. The van der Waals surface area contributed by atoms with Gasteiger partial charge in [0.05, 0.1) is 35.4 Å². The number of aryl methyl sites for hydroxylation is 3. The minimum atomic E-state index is -0.119. The predicted octanol–water partition coefficient (Wildman–Crippen LogP) is 3.03. The molecule has 4 aromatic rings. The number of hydrogen-bond acceptors (Lipinski definition) is 4. The fraction of sp³-hybridized carbons (Fsp3) is 0.273. The number of hydrogen-bond donors (Lipinski definition) is 1. The molecule has 3 aromatic heterocycles. The Morgan fingerprint density at radius 3 is 2.55 bits per heavy atom. The lowest BCUT2D eigenvalue weighted by Gasteiger charge is -2.09. The van der Waals surface area contributed by atoms with E-state index in [1.165, 1.54) is 0 Å². The summed E-state index contributed by atoms with van der Waals surface area (Å²) in [6, 6.07) is 13.9. The number of pyridine rings is 1. The third-order valence-corrected chi connectivity index (χ3v) is 4.83. The summed E-state index contributed by atoms with van der Waals surface area (Å²) in [6.07, 6.45) is 1.91. The van der Waals surface area contributed by atoms with Gasteiger partial charge in [0.1, 0.15) is 0 Å². The Morgan fingerprint density at radius 2 is 1.83 bits per heavy atom. The fourth-order valence-electron chi connectivity index (χ4n) is 3.49. The zero-order valence-corrected chi connectivity index (χ0v) is 16.9.